The fourth-order valence-electron chi connectivity index (χ4n) is 1.57. The van der Waals surface area contributed by atoms with Crippen molar-refractivity contribution in [2.45, 2.75) is 43.8 Å². The van der Waals surface area contributed by atoms with Gasteiger partial charge in [0.05, 0.1) is 5.54 Å². The zero-order valence-corrected chi connectivity index (χ0v) is 12.6. The van der Waals surface area contributed by atoms with Crippen molar-refractivity contribution in [1.82, 2.24) is 15.3 Å². The first-order valence-corrected chi connectivity index (χ1v) is 7.37. The summed E-state index contributed by atoms with van der Waals surface area (Å²) in [6, 6.07) is 0. The minimum absolute atomic E-state index is 0.301. The average molecular weight is 282 g/mol. The average Bonchev–Trinajstić information content (AvgIpc) is 2.40. The van der Waals surface area contributed by atoms with E-state index in [1.165, 1.54) is 0 Å². The SMILES string of the molecule is CNC(C)(CCCCSc1ncc(C)cn1)C(N)=O. The molecule has 1 heterocycles. The third-order valence-corrected chi connectivity index (χ3v) is 4.12. The number of aromatic nitrogens is 2. The fourth-order valence-corrected chi connectivity index (χ4v) is 2.36. The molecule has 1 amide bonds. The summed E-state index contributed by atoms with van der Waals surface area (Å²) in [7, 11) is 1.76. The lowest BCUT2D eigenvalue weighted by Gasteiger charge is -2.25. The van der Waals surface area contributed by atoms with E-state index >= 15 is 0 Å². The van der Waals surface area contributed by atoms with Crippen molar-refractivity contribution in [3.8, 4) is 0 Å². The van der Waals surface area contributed by atoms with Gasteiger partial charge < -0.3 is 11.1 Å². The van der Waals surface area contributed by atoms with E-state index in [9.17, 15) is 4.79 Å². The highest BCUT2D eigenvalue weighted by atomic mass is 32.2. The molecule has 0 spiro atoms. The lowest BCUT2D eigenvalue weighted by Crippen LogP contribution is -2.51. The van der Waals surface area contributed by atoms with E-state index in [0.717, 1.165) is 35.7 Å². The summed E-state index contributed by atoms with van der Waals surface area (Å²) in [4.78, 5) is 19.8. The number of unbranched alkanes of at least 4 members (excludes halogenated alkanes) is 1. The monoisotopic (exact) mass is 282 g/mol. The van der Waals surface area contributed by atoms with E-state index in [1.54, 1.807) is 18.8 Å². The predicted octanol–water partition coefficient (Wildman–Crippen LogP) is 1.51. The zero-order valence-electron chi connectivity index (χ0n) is 11.8. The fraction of sp³-hybridized carbons (Fsp3) is 0.615. The molecule has 6 heteroatoms. The van der Waals surface area contributed by atoms with Crippen molar-refractivity contribution >= 4 is 17.7 Å². The van der Waals surface area contributed by atoms with Crippen LogP contribution in [0.2, 0.25) is 0 Å². The van der Waals surface area contributed by atoms with Gasteiger partial charge in [-0.05, 0) is 39.3 Å². The summed E-state index contributed by atoms with van der Waals surface area (Å²) < 4.78 is 0. The van der Waals surface area contributed by atoms with Gasteiger partial charge in [-0.2, -0.15) is 0 Å². The Morgan fingerprint density at radius 2 is 2.05 bits per heavy atom. The number of thioether (sulfide) groups is 1. The van der Waals surface area contributed by atoms with E-state index in [2.05, 4.69) is 15.3 Å². The van der Waals surface area contributed by atoms with Gasteiger partial charge in [0.2, 0.25) is 5.91 Å². The third kappa shape index (κ3) is 5.16. The highest BCUT2D eigenvalue weighted by Crippen LogP contribution is 2.18. The van der Waals surface area contributed by atoms with E-state index in [0.29, 0.717) is 0 Å². The van der Waals surface area contributed by atoms with Crippen LogP contribution in [0.1, 0.15) is 31.7 Å². The van der Waals surface area contributed by atoms with Gasteiger partial charge >= 0.3 is 0 Å². The summed E-state index contributed by atoms with van der Waals surface area (Å²) in [6.45, 7) is 3.81. The van der Waals surface area contributed by atoms with Gasteiger partial charge in [0, 0.05) is 18.1 Å². The van der Waals surface area contributed by atoms with E-state index in [1.807, 2.05) is 26.2 Å². The molecule has 3 N–H and O–H groups in total. The molecule has 1 unspecified atom stereocenters. The molecule has 19 heavy (non-hydrogen) atoms. The summed E-state index contributed by atoms with van der Waals surface area (Å²) in [5.74, 6) is 0.645. The van der Waals surface area contributed by atoms with Crippen LogP contribution in [0, 0.1) is 6.92 Å². The van der Waals surface area contributed by atoms with Crippen molar-refractivity contribution in [2.75, 3.05) is 12.8 Å². The first kappa shape index (κ1) is 15.9. The summed E-state index contributed by atoms with van der Waals surface area (Å²) >= 11 is 1.64. The molecule has 1 aromatic rings. The largest absolute Gasteiger partial charge is 0.368 e. The predicted molar refractivity (Wildman–Crippen MR) is 78.0 cm³/mol. The Kier molecular flexibility index (Phi) is 6.24. The molecule has 1 atom stereocenters. The Hall–Kier alpha value is -1.14. The lowest BCUT2D eigenvalue weighted by molar-refractivity contribution is -0.123. The van der Waals surface area contributed by atoms with Crippen LogP contribution in [-0.4, -0.2) is 34.2 Å². The topological polar surface area (TPSA) is 80.9 Å². The van der Waals surface area contributed by atoms with E-state index in [-0.39, 0.29) is 5.91 Å². The number of primary amides is 1. The normalized spacial score (nSPS) is 14.1. The molecule has 0 aliphatic carbocycles. The van der Waals surface area contributed by atoms with Gasteiger partial charge in [-0.25, -0.2) is 9.97 Å². The van der Waals surface area contributed by atoms with Gasteiger partial charge in [0.15, 0.2) is 5.16 Å². The van der Waals surface area contributed by atoms with Crippen LogP contribution in [0.15, 0.2) is 17.6 Å². The first-order chi connectivity index (χ1) is 8.98. The number of nitrogens with two attached hydrogens (primary N) is 1. The second-order valence-corrected chi connectivity index (χ2v) is 5.86. The number of hydrogen-bond acceptors (Lipinski definition) is 5. The molecule has 1 rings (SSSR count). The lowest BCUT2D eigenvalue weighted by atomic mass is 9.94. The Labute approximate surface area is 118 Å². The van der Waals surface area contributed by atoms with E-state index < -0.39 is 5.54 Å². The van der Waals surface area contributed by atoms with Crippen LogP contribution in [0.25, 0.3) is 0 Å². The van der Waals surface area contributed by atoms with E-state index in [4.69, 9.17) is 5.73 Å². The van der Waals surface area contributed by atoms with Gasteiger partial charge in [0.25, 0.3) is 0 Å². The van der Waals surface area contributed by atoms with Crippen LogP contribution in [0.4, 0.5) is 0 Å². The summed E-state index contributed by atoms with van der Waals surface area (Å²) in [5.41, 5.74) is 5.83. The van der Waals surface area contributed by atoms with Crippen LogP contribution >= 0.6 is 11.8 Å². The number of likely N-dealkylation sites (N-methyl/N-ethyl adjacent to an activating group) is 1. The number of rotatable bonds is 8. The Balaban J connectivity index is 2.24. The standard InChI is InChI=1S/C13H22N4OS/c1-10-8-16-12(17-9-10)19-7-5-4-6-13(2,15-3)11(14)18/h8-9,15H,4-7H2,1-3H3,(H2,14,18). The molecule has 0 radical (unpaired) electrons. The molecule has 5 nitrogen and oxygen atoms in total. The molecule has 0 fully saturated rings. The van der Waals surface area contributed by atoms with Crippen molar-refractivity contribution in [1.29, 1.82) is 0 Å². The molecule has 0 saturated heterocycles. The number of nitrogens with one attached hydrogen (secondary N) is 1. The molecular weight excluding hydrogens is 260 g/mol. The van der Waals surface area contributed by atoms with Crippen LogP contribution < -0.4 is 11.1 Å². The second-order valence-electron chi connectivity index (χ2n) is 4.79. The number of amides is 1. The molecular formula is C13H22N4OS. The quantitative estimate of drug-likeness (QED) is 0.429. The van der Waals surface area contributed by atoms with Crippen LogP contribution in [-0.2, 0) is 4.79 Å². The maximum Gasteiger partial charge on any atom is 0.237 e. The minimum Gasteiger partial charge on any atom is -0.368 e. The van der Waals surface area contributed by atoms with Crippen molar-refractivity contribution in [2.24, 2.45) is 5.73 Å². The van der Waals surface area contributed by atoms with Gasteiger partial charge in [0.1, 0.15) is 0 Å². The van der Waals surface area contributed by atoms with Gasteiger partial charge in [-0.3, -0.25) is 4.79 Å². The number of aryl methyl sites for hydroxylation is 1. The van der Waals surface area contributed by atoms with Gasteiger partial charge in [-0.1, -0.05) is 18.2 Å². The molecule has 1 aromatic heterocycles. The minimum atomic E-state index is -0.606. The van der Waals surface area contributed by atoms with Crippen LogP contribution in [0.5, 0.6) is 0 Å². The zero-order chi connectivity index (χ0) is 14.3. The Morgan fingerprint density at radius 3 is 2.58 bits per heavy atom. The second kappa shape index (κ2) is 7.45. The first-order valence-electron chi connectivity index (χ1n) is 6.38. The van der Waals surface area contributed by atoms with Gasteiger partial charge in [-0.15, -0.1) is 0 Å². The van der Waals surface area contributed by atoms with Crippen molar-refractivity contribution < 1.29 is 4.79 Å². The molecule has 0 saturated carbocycles. The molecule has 106 valence electrons. The smallest absolute Gasteiger partial charge is 0.237 e. The maximum absolute atomic E-state index is 11.3. The van der Waals surface area contributed by atoms with Crippen LogP contribution in [0.3, 0.4) is 0 Å². The summed E-state index contributed by atoms with van der Waals surface area (Å²) in [6.07, 6.45) is 6.33. The molecule has 0 aromatic carbocycles. The highest BCUT2D eigenvalue weighted by molar-refractivity contribution is 7.99. The Morgan fingerprint density at radius 1 is 1.42 bits per heavy atom. The number of carbonyl (C=O) groups excluding carboxylic acids is 1. The molecule has 0 aliphatic heterocycles. The molecule has 0 aliphatic rings. The summed E-state index contributed by atoms with van der Waals surface area (Å²) in [5, 5.41) is 3.79. The highest BCUT2D eigenvalue weighted by Gasteiger charge is 2.27. The number of carbonyl (C=O) groups is 1. The number of nitrogens with zero attached hydrogens (tertiary/aromatic N) is 2. The Bertz CT molecular complexity index is 410. The maximum atomic E-state index is 11.3. The van der Waals surface area contributed by atoms with Crippen molar-refractivity contribution in [3.05, 3.63) is 18.0 Å². The molecule has 0 bridgehead atoms. The number of hydrogen-bond donors (Lipinski definition) is 2. The van der Waals surface area contributed by atoms with Crippen molar-refractivity contribution in [3.63, 3.8) is 0 Å². The third-order valence-electron chi connectivity index (χ3n) is 3.16.